The van der Waals surface area contributed by atoms with Gasteiger partial charge in [-0.05, 0) is 48.0 Å². The normalized spacial score (nSPS) is 15.1. The number of hydrogen-bond acceptors (Lipinski definition) is 6. The first kappa shape index (κ1) is 22.5. The van der Waals surface area contributed by atoms with Crippen LogP contribution in [0.5, 0.6) is 5.75 Å². The van der Waals surface area contributed by atoms with Crippen molar-refractivity contribution in [1.82, 2.24) is 0 Å². The molecular weight excluding hydrogens is 446 g/mol. The molecule has 170 valence electrons. The first-order valence-corrected chi connectivity index (χ1v) is 11.7. The lowest BCUT2D eigenvalue weighted by Crippen LogP contribution is -2.50. The second-order valence-corrected chi connectivity index (χ2v) is 9.73. The number of ether oxygens (including phenoxy) is 1. The van der Waals surface area contributed by atoms with Crippen LogP contribution in [0.4, 0.5) is 5.69 Å². The van der Waals surface area contributed by atoms with Crippen molar-refractivity contribution in [3.63, 3.8) is 0 Å². The van der Waals surface area contributed by atoms with Crippen molar-refractivity contribution in [3.8, 4) is 5.75 Å². The van der Waals surface area contributed by atoms with Gasteiger partial charge in [0.15, 0.2) is 9.84 Å². The monoisotopic (exact) mass is 467 g/mol. The van der Waals surface area contributed by atoms with E-state index in [0.717, 1.165) is 5.56 Å². The van der Waals surface area contributed by atoms with Crippen molar-refractivity contribution in [2.24, 2.45) is 0 Å². The molecule has 33 heavy (non-hydrogen) atoms. The van der Waals surface area contributed by atoms with E-state index in [0.29, 0.717) is 23.5 Å². The summed E-state index contributed by atoms with van der Waals surface area (Å²) in [5.41, 5.74) is -0.667. The predicted molar refractivity (Wildman–Crippen MR) is 120 cm³/mol. The number of fused-ring (bicyclic) bond motifs is 1. The number of carbonyl (C=O) groups is 2. The molecule has 3 aromatic rings. The number of para-hydroxylation sites is 1. The number of rotatable bonds is 8. The molecule has 0 aromatic heterocycles. The maximum atomic E-state index is 12.9. The fourth-order valence-electron chi connectivity index (χ4n) is 3.58. The molecule has 0 aliphatic carbocycles. The summed E-state index contributed by atoms with van der Waals surface area (Å²) in [6.45, 7) is -0.374. The van der Waals surface area contributed by atoms with Crippen molar-refractivity contribution in [2.45, 2.75) is 17.0 Å². The van der Waals surface area contributed by atoms with Crippen LogP contribution in [0.2, 0.25) is 0 Å². The largest absolute Gasteiger partial charge is 0.490 e. The Morgan fingerprint density at radius 1 is 0.970 bits per heavy atom. The lowest BCUT2D eigenvalue weighted by molar-refractivity contribution is -0.158. The van der Waals surface area contributed by atoms with E-state index >= 15 is 0 Å². The molecule has 1 heterocycles. The minimum atomic E-state index is -4.19. The molecule has 0 bridgehead atoms. The Labute approximate surface area is 190 Å². The Hall–Kier alpha value is -3.69. The third-order valence-corrected chi connectivity index (χ3v) is 7.22. The highest BCUT2D eigenvalue weighted by atomic mass is 32.2. The molecule has 2 N–H and O–H groups in total. The molecular formula is C24H21NO7S. The number of hydrogen-bond donors (Lipinski definition) is 2. The summed E-state index contributed by atoms with van der Waals surface area (Å²) in [6.07, 6.45) is 0. The molecule has 1 unspecified atom stereocenters. The molecule has 1 aliphatic heterocycles. The number of carboxylic acid groups (broad SMARTS) is 1. The van der Waals surface area contributed by atoms with Crippen molar-refractivity contribution >= 4 is 27.4 Å². The fourth-order valence-corrected chi connectivity index (χ4v) is 5.13. The molecule has 0 saturated carbocycles. The molecule has 3 aromatic carbocycles. The van der Waals surface area contributed by atoms with Gasteiger partial charge in [-0.2, -0.15) is 0 Å². The average molecular weight is 467 g/mol. The lowest BCUT2D eigenvalue weighted by Gasteiger charge is -2.23. The number of carbonyl (C=O) groups excluding carboxylic acids is 1. The number of carboxylic acids is 1. The van der Waals surface area contributed by atoms with Gasteiger partial charge in [0.05, 0.1) is 17.2 Å². The number of amides is 1. The summed E-state index contributed by atoms with van der Waals surface area (Å²) in [7, 11) is -4.19. The van der Waals surface area contributed by atoms with Crippen LogP contribution in [0.1, 0.15) is 15.9 Å². The third-order valence-electron chi connectivity index (χ3n) is 5.38. The number of nitrogens with zero attached hydrogens (tertiary/aromatic N) is 1. The van der Waals surface area contributed by atoms with Crippen molar-refractivity contribution in [1.29, 1.82) is 0 Å². The van der Waals surface area contributed by atoms with E-state index in [-0.39, 0.29) is 10.8 Å². The number of sulfone groups is 1. The third kappa shape index (κ3) is 4.59. The zero-order chi connectivity index (χ0) is 23.6. The number of aliphatic carboxylic acids is 1. The number of anilines is 1. The summed E-state index contributed by atoms with van der Waals surface area (Å²) in [4.78, 5) is 25.7. The van der Waals surface area contributed by atoms with E-state index in [4.69, 9.17) is 4.74 Å². The van der Waals surface area contributed by atoms with E-state index in [1.54, 1.807) is 42.5 Å². The molecule has 0 saturated heterocycles. The second kappa shape index (κ2) is 8.68. The first-order chi connectivity index (χ1) is 15.7. The van der Waals surface area contributed by atoms with Gasteiger partial charge in [0, 0.05) is 11.3 Å². The highest BCUT2D eigenvalue weighted by molar-refractivity contribution is 7.91. The molecule has 1 amide bonds. The van der Waals surface area contributed by atoms with Gasteiger partial charge in [0.1, 0.15) is 12.4 Å². The number of benzene rings is 3. The van der Waals surface area contributed by atoms with Crippen LogP contribution in [0.3, 0.4) is 0 Å². The van der Waals surface area contributed by atoms with E-state index < -0.39 is 33.8 Å². The zero-order valence-corrected chi connectivity index (χ0v) is 18.2. The summed E-state index contributed by atoms with van der Waals surface area (Å²) in [6, 6.07) is 21.0. The average Bonchev–Trinajstić information content (AvgIpc) is 3.15. The summed E-state index contributed by atoms with van der Waals surface area (Å²) in [5, 5.41) is 20.0. The van der Waals surface area contributed by atoms with Crippen LogP contribution < -0.4 is 9.64 Å². The molecule has 8 nitrogen and oxygen atoms in total. The maximum Gasteiger partial charge on any atom is 0.340 e. The van der Waals surface area contributed by atoms with Gasteiger partial charge >= 0.3 is 5.97 Å². The van der Waals surface area contributed by atoms with Crippen LogP contribution in [0, 0.1) is 0 Å². The van der Waals surface area contributed by atoms with Crippen LogP contribution in [0.15, 0.2) is 83.8 Å². The molecule has 4 rings (SSSR count). The van der Waals surface area contributed by atoms with E-state index in [1.807, 2.05) is 12.1 Å². The van der Waals surface area contributed by atoms with Crippen molar-refractivity contribution in [2.75, 3.05) is 17.3 Å². The summed E-state index contributed by atoms with van der Waals surface area (Å²) in [5.74, 6) is -2.66. The van der Waals surface area contributed by atoms with E-state index in [1.165, 1.54) is 29.2 Å². The van der Waals surface area contributed by atoms with Crippen LogP contribution in [-0.4, -0.2) is 48.5 Å². The fraction of sp³-hybridized carbons (Fsp3) is 0.167. The molecule has 0 fully saturated rings. The predicted octanol–water partition coefficient (Wildman–Crippen LogP) is 2.52. The smallest absolute Gasteiger partial charge is 0.340 e. The summed E-state index contributed by atoms with van der Waals surface area (Å²) >= 11 is 0. The van der Waals surface area contributed by atoms with Gasteiger partial charge in [-0.3, -0.25) is 4.79 Å². The standard InChI is InChI=1S/C24H21NO7S/c26-22-21-9-5-4-6-17(21)14-25(22)18-10-12-20(13-11-18)33(30,31)16-24(29,23(27)28)15-32-19-7-2-1-3-8-19/h1-13,29H,14-16H2,(H,27,28). The maximum absolute atomic E-state index is 12.9. The molecule has 0 spiro atoms. The molecule has 9 heteroatoms. The SMILES string of the molecule is O=C1c2ccccc2CN1c1ccc(S(=O)(=O)CC(O)(COc2ccccc2)C(=O)O)cc1. The highest BCUT2D eigenvalue weighted by Crippen LogP contribution is 2.29. The summed E-state index contributed by atoms with van der Waals surface area (Å²) < 4.78 is 31.1. The number of aliphatic hydroxyl groups is 1. The lowest BCUT2D eigenvalue weighted by atomic mass is 10.1. The van der Waals surface area contributed by atoms with Crippen LogP contribution in [0.25, 0.3) is 0 Å². The Kier molecular flexibility index (Phi) is 5.92. The van der Waals surface area contributed by atoms with Gasteiger partial charge in [-0.1, -0.05) is 36.4 Å². The Morgan fingerprint density at radius 2 is 1.61 bits per heavy atom. The van der Waals surface area contributed by atoms with E-state index in [9.17, 15) is 28.2 Å². The Balaban J connectivity index is 1.51. The van der Waals surface area contributed by atoms with Gasteiger partial charge in [0.2, 0.25) is 5.60 Å². The highest BCUT2D eigenvalue weighted by Gasteiger charge is 2.42. The molecule has 0 radical (unpaired) electrons. The Bertz CT molecular complexity index is 1290. The minimum absolute atomic E-state index is 0.171. The molecule has 1 aliphatic rings. The van der Waals surface area contributed by atoms with Crippen LogP contribution >= 0.6 is 0 Å². The van der Waals surface area contributed by atoms with Crippen LogP contribution in [-0.2, 0) is 21.2 Å². The quantitative estimate of drug-likeness (QED) is 0.522. The van der Waals surface area contributed by atoms with Crippen molar-refractivity contribution in [3.05, 3.63) is 90.0 Å². The molecule has 1 atom stereocenters. The topological polar surface area (TPSA) is 121 Å². The van der Waals surface area contributed by atoms with Crippen molar-refractivity contribution < 1.29 is 33.0 Å². The zero-order valence-electron chi connectivity index (χ0n) is 17.4. The van der Waals surface area contributed by atoms with Gasteiger partial charge < -0.3 is 19.8 Å². The van der Waals surface area contributed by atoms with Gasteiger partial charge in [-0.25, -0.2) is 13.2 Å². The van der Waals surface area contributed by atoms with E-state index in [2.05, 4.69) is 0 Å². The second-order valence-electron chi connectivity index (χ2n) is 7.74. The Morgan fingerprint density at radius 3 is 2.24 bits per heavy atom. The first-order valence-electron chi connectivity index (χ1n) is 10.1. The minimum Gasteiger partial charge on any atom is -0.490 e. The van der Waals surface area contributed by atoms with Gasteiger partial charge in [-0.15, -0.1) is 0 Å². The van der Waals surface area contributed by atoms with Gasteiger partial charge in [0.25, 0.3) is 5.91 Å².